The summed E-state index contributed by atoms with van der Waals surface area (Å²) in [6, 6.07) is 8.66. The molecule has 1 unspecified atom stereocenters. The number of nitrogens with zero attached hydrogens (tertiary/aromatic N) is 1. The first-order valence-electron chi connectivity index (χ1n) is 6.05. The molecule has 1 nitrogen and oxygen atoms in total. The third kappa shape index (κ3) is 3.05. The molecule has 1 aliphatic rings. The Morgan fingerprint density at radius 3 is 2.50 bits per heavy atom. The fraction of sp³-hybridized carbons (Fsp3) is 0.571. The van der Waals surface area contributed by atoms with Gasteiger partial charge in [-0.3, -0.25) is 4.90 Å². The third-order valence-electron chi connectivity index (χ3n) is 3.22. The van der Waals surface area contributed by atoms with E-state index in [0.717, 1.165) is 26.1 Å². The van der Waals surface area contributed by atoms with Gasteiger partial charge in [0.05, 0.1) is 6.17 Å². The van der Waals surface area contributed by atoms with Gasteiger partial charge < -0.3 is 0 Å². The first-order chi connectivity index (χ1) is 7.63. The third-order valence-corrected chi connectivity index (χ3v) is 3.22. The molecule has 2 rings (SSSR count). The van der Waals surface area contributed by atoms with E-state index < -0.39 is 6.17 Å². The van der Waals surface area contributed by atoms with Crippen molar-refractivity contribution in [2.45, 2.75) is 33.0 Å². The summed E-state index contributed by atoms with van der Waals surface area (Å²) in [5, 5.41) is 0. The average molecular weight is 221 g/mol. The topological polar surface area (TPSA) is 3.24 Å². The van der Waals surface area contributed by atoms with Crippen molar-refractivity contribution in [1.82, 2.24) is 4.90 Å². The van der Waals surface area contributed by atoms with Gasteiger partial charge in [0.15, 0.2) is 0 Å². The van der Waals surface area contributed by atoms with E-state index in [1.165, 1.54) is 11.1 Å². The first-order valence-corrected chi connectivity index (χ1v) is 6.05. The van der Waals surface area contributed by atoms with Gasteiger partial charge in [-0.2, -0.15) is 0 Å². The molecule has 0 amide bonds. The minimum Gasteiger partial charge on any atom is -0.298 e. The molecule has 88 valence electrons. The molecule has 0 saturated carbocycles. The van der Waals surface area contributed by atoms with Crippen LogP contribution in [0.5, 0.6) is 0 Å². The fourth-order valence-electron chi connectivity index (χ4n) is 2.37. The lowest BCUT2D eigenvalue weighted by atomic mass is 9.94. The van der Waals surface area contributed by atoms with Crippen LogP contribution in [0.2, 0.25) is 0 Å². The number of aryl methyl sites for hydroxylation is 1. The van der Waals surface area contributed by atoms with Crippen LogP contribution in [0.1, 0.15) is 24.5 Å². The molecular weight excluding hydrogens is 201 g/mol. The molecule has 2 heteroatoms. The maximum Gasteiger partial charge on any atom is 0.0977 e. The number of rotatable bonds is 4. The summed E-state index contributed by atoms with van der Waals surface area (Å²) in [5.74, 6) is 0.574. The lowest BCUT2D eigenvalue weighted by Crippen LogP contribution is -2.46. The summed E-state index contributed by atoms with van der Waals surface area (Å²) < 4.78 is 12.8. The quantitative estimate of drug-likeness (QED) is 0.755. The second-order valence-corrected chi connectivity index (χ2v) is 5.06. The van der Waals surface area contributed by atoms with Gasteiger partial charge in [0, 0.05) is 19.6 Å². The van der Waals surface area contributed by atoms with Crippen molar-refractivity contribution in [3.05, 3.63) is 35.4 Å². The zero-order valence-electron chi connectivity index (χ0n) is 10.1. The Balaban J connectivity index is 1.75. The number of halogens is 1. The fourth-order valence-corrected chi connectivity index (χ4v) is 2.37. The Labute approximate surface area is 97.3 Å². The van der Waals surface area contributed by atoms with E-state index in [1.54, 1.807) is 6.92 Å². The van der Waals surface area contributed by atoms with E-state index in [4.69, 9.17) is 0 Å². The lowest BCUT2D eigenvalue weighted by molar-refractivity contribution is 0.0699. The predicted molar refractivity (Wildman–Crippen MR) is 65.1 cm³/mol. The molecule has 0 aliphatic carbocycles. The Bertz CT molecular complexity index is 325. The highest BCUT2D eigenvalue weighted by molar-refractivity contribution is 5.21. The zero-order chi connectivity index (χ0) is 11.5. The minimum atomic E-state index is -0.647. The molecule has 1 fully saturated rings. The molecule has 1 heterocycles. The molecule has 1 saturated heterocycles. The van der Waals surface area contributed by atoms with Crippen molar-refractivity contribution >= 4 is 0 Å². The summed E-state index contributed by atoms with van der Waals surface area (Å²) in [7, 11) is 0. The number of hydrogen-bond donors (Lipinski definition) is 0. The first kappa shape index (κ1) is 11.6. The van der Waals surface area contributed by atoms with Gasteiger partial charge in [-0.15, -0.1) is 0 Å². The van der Waals surface area contributed by atoms with E-state index in [2.05, 4.69) is 36.1 Å². The van der Waals surface area contributed by atoms with Crippen LogP contribution in [0.3, 0.4) is 0 Å². The number of likely N-dealkylation sites (tertiary alicyclic amines) is 1. The molecule has 0 bridgehead atoms. The lowest BCUT2D eigenvalue weighted by Gasteiger charge is -2.39. The average Bonchev–Trinajstić information content (AvgIpc) is 2.17. The standard InChI is InChI=1S/C14H20FN/c1-11-3-5-13(6-4-11)8-16-9-14(10-16)7-12(2)15/h3-6,12,14H,7-10H2,1-2H3. The van der Waals surface area contributed by atoms with Crippen LogP contribution in [-0.4, -0.2) is 24.2 Å². The largest absolute Gasteiger partial charge is 0.298 e. The van der Waals surface area contributed by atoms with Crippen molar-refractivity contribution in [2.75, 3.05) is 13.1 Å². The number of hydrogen-bond acceptors (Lipinski definition) is 1. The smallest absolute Gasteiger partial charge is 0.0977 e. The van der Waals surface area contributed by atoms with E-state index >= 15 is 0 Å². The summed E-state index contributed by atoms with van der Waals surface area (Å²) in [6.07, 6.45) is 0.0798. The van der Waals surface area contributed by atoms with E-state index in [0.29, 0.717) is 5.92 Å². The SMILES string of the molecule is Cc1ccc(CN2CC(CC(C)F)C2)cc1. The highest BCUT2D eigenvalue weighted by Gasteiger charge is 2.27. The molecule has 1 aromatic carbocycles. The second kappa shape index (κ2) is 4.96. The van der Waals surface area contributed by atoms with Crippen LogP contribution in [0, 0.1) is 12.8 Å². The Morgan fingerprint density at radius 2 is 1.94 bits per heavy atom. The van der Waals surface area contributed by atoms with E-state index in [1.807, 2.05) is 0 Å². The molecule has 0 spiro atoms. The van der Waals surface area contributed by atoms with Crippen LogP contribution < -0.4 is 0 Å². The molecular formula is C14H20FN. The van der Waals surface area contributed by atoms with Crippen LogP contribution in [0.15, 0.2) is 24.3 Å². The van der Waals surface area contributed by atoms with Crippen LogP contribution in [-0.2, 0) is 6.54 Å². The van der Waals surface area contributed by atoms with Gasteiger partial charge in [0.2, 0.25) is 0 Å². The Kier molecular flexibility index (Phi) is 3.59. The van der Waals surface area contributed by atoms with Gasteiger partial charge in [-0.05, 0) is 31.7 Å². The molecule has 0 N–H and O–H groups in total. The van der Waals surface area contributed by atoms with Crippen LogP contribution in [0.25, 0.3) is 0 Å². The van der Waals surface area contributed by atoms with Crippen molar-refractivity contribution < 1.29 is 4.39 Å². The molecule has 1 atom stereocenters. The Hall–Kier alpha value is -0.890. The maximum atomic E-state index is 12.8. The van der Waals surface area contributed by atoms with Gasteiger partial charge >= 0.3 is 0 Å². The summed E-state index contributed by atoms with van der Waals surface area (Å²) in [5.41, 5.74) is 2.66. The van der Waals surface area contributed by atoms with Gasteiger partial charge in [-0.1, -0.05) is 29.8 Å². The Morgan fingerprint density at radius 1 is 1.31 bits per heavy atom. The molecule has 1 aromatic rings. The molecule has 0 radical (unpaired) electrons. The molecule has 0 aromatic heterocycles. The minimum absolute atomic E-state index is 0.574. The van der Waals surface area contributed by atoms with Crippen molar-refractivity contribution in [3.63, 3.8) is 0 Å². The van der Waals surface area contributed by atoms with Crippen molar-refractivity contribution in [2.24, 2.45) is 5.92 Å². The second-order valence-electron chi connectivity index (χ2n) is 5.06. The van der Waals surface area contributed by atoms with E-state index in [-0.39, 0.29) is 0 Å². The number of benzene rings is 1. The van der Waals surface area contributed by atoms with Gasteiger partial charge in [-0.25, -0.2) is 4.39 Å². The normalized spacial score (nSPS) is 19.4. The zero-order valence-corrected chi connectivity index (χ0v) is 10.1. The number of alkyl halides is 1. The molecule has 16 heavy (non-hydrogen) atoms. The summed E-state index contributed by atoms with van der Waals surface area (Å²) in [4.78, 5) is 2.39. The van der Waals surface area contributed by atoms with Crippen molar-refractivity contribution in [3.8, 4) is 0 Å². The summed E-state index contributed by atoms with van der Waals surface area (Å²) in [6.45, 7) is 6.89. The van der Waals surface area contributed by atoms with Crippen LogP contribution >= 0.6 is 0 Å². The maximum absolute atomic E-state index is 12.8. The van der Waals surface area contributed by atoms with Crippen LogP contribution in [0.4, 0.5) is 4.39 Å². The molecule has 1 aliphatic heterocycles. The monoisotopic (exact) mass is 221 g/mol. The summed E-state index contributed by atoms with van der Waals surface area (Å²) >= 11 is 0. The van der Waals surface area contributed by atoms with Gasteiger partial charge in [0.25, 0.3) is 0 Å². The predicted octanol–water partition coefficient (Wildman–Crippen LogP) is 3.17. The van der Waals surface area contributed by atoms with E-state index in [9.17, 15) is 4.39 Å². The van der Waals surface area contributed by atoms with Gasteiger partial charge in [0.1, 0.15) is 0 Å². The highest BCUT2D eigenvalue weighted by atomic mass is 19.1. The van der Waals surface area contributed by atoms with Crippen molar-refractivity contribution in [1.29, 1.82) is 0 Å². The highest BCUT2D eigenvalue weighted by Crippen LogP contribution is 2.23.